The molecule has 0 N–H and O–H groups in total. The molecule has 0 saturated carbocycles. The van der Waals surface area contributed by atoms with Crippen LogP contribution in [0.5, 0.6) is 0 Å². The number of rotatable bonds is 4. The Labute approximate surface area is 134 Å². The van der Waals surface area contributed by atoms with E-state index < -0.39 is 0 Å². The van der Waals surface area contributed by atoms with Crippen molar-refractivity contribution in [2.45, 2.75) is 13.0 Å². The molecule has 0 fully saturated rings. The lowest BCUT2D eigenvalue weighted by atomic mass is 10.1. The van der Waals surface area contributed by atoms with Crippen molar-refractivity contribution in [3.05, 3.63) is 72.7 Å². The second-order valence-corrected chi connectivity index (χ2v) is 5.25. The zero-order chi connectivity index (χ0) is 16.2. The summed E-state index contributed by atoms with van der Waals surface area (Å²) in [7, 11) is 1.79. The van der Waals surface area contributed by atoms with Crippen molar-refractivity contribution in [2.24, 2.45) is 0 Å². The summed E-state index contributed by atoms with van der Waals surface area (Å²) in [6.45, 7) is 1.98. The van der Waals surface area contributed by atoms with Crippen LogP contribution in [0.2, 0.25) is 0 Å². The fraction of sp³-hybridized carbons (Fsp3) is 0.176. The van der Waals surface area contributed by atoms with Crippen LogP contribution in [0.25, 0.3) is 5.82 Å². The van der Waals surface area contributed by atoms with Gasteiger partial charge in [0.25, 0.3) is 5.91 Å². The lowest BCUT2D eigenvalue weighted by Gasteiger charge is -2.25. The van der Waals surface area contributed by atoms with E-state index in [0.717, 1.165) is 5.56 Å². The molecule has 6 nitrogen and oxygen atoms in total. The average Bonchev–Trinajstić information content (AvgIpc) is 3.15. The van der Waals surface area contributed by atoms with Gasteiger partial charge in [-0.3, -0.25) is 14.3 Å². The average molecular weight is 307 g/mol. The molecule has 0 aliphatic heterocycles. The first-order valence-electron chi connectivity index (χ1n) is 7.28. The quantitative estimate of drug-likeness (QED) is 0.743. The molecule has 1 amide bonds. The third-order valence-corrected chi connectivity index (χ3v) is 3.83. The summed E-state index contributed by atoms with van der Waals surface area (Å²) in [5.41, 5.74) is 1.58. The fourth-order valence-electron chi connectivity index (χ4n) is 2.31. The molecule has 3 aromatic rings. The van der Waals surface area contributed by atoms with Crippen LogP contribution < -0.4 is 0 Å². The maximum Gasteiger partial charge on any atom is 0.254 e. The smallest absolute Gasteiger partial charge is 0.254 e. The van der Waals surface area contributed by atoms with Gasteiger partial charge in [0.15, 0.2) is 0 Å². The monoisotopic (exact) mass is 307 g/mol. The van der Waals surface area contributed by atoms with Gasteiger partial charge in [0.05, 0.1) is 6.04 Å². The predicted molar refractivity (Wildman–Crippen MR) is 86.1 cm³/mol. The molecule has 0 bridgehead atoms. The van der Waals surface area contributed by atoms with Crippen LogP contribution in [0.4, 0.5) is 0 Å². The number of imidazole rings is 1. The first-order chi connectivity index (χ1) is 11.2. The van der Waals surface area contributed by atoms with E-state index in [1.54, 1.807) is 66.0 Å². The van der Waals surface area contributed by atoms with Crippen LogP contribution in [0.15, 0.2) is 61.6 Å². The molecular weight excluding hydrogens is 290 g/mol. The number of pyridine rings is 2. The Morgan fingerprint density at radius 3 is 2.78 bits per heavy atom. The van der Waals surface area contributed by atoms with Gasteiger partial charge >= 0.3 is 0 Å². The molecule has 0 aliphatic rings. The van der Waals surface area contributed by atoms with Gasteiger partial charge in [0.2, 0.25) is 0 Å². The Kier molecular flexibility index (Phi) is 4.14. The van der Waals surface area contributed by atoms with Gasteiger partial charge in [-0.1, -0.05) is 6.07 Å². The summed E-state index contributed by atoms with van der Waals surface area (Å²) in [5.74, 6) is 0.598. The molecule has 0 radical (unpaired) electrons. The zero-order valence-electron chi connectivity index (χ0n) is 13.0. The van der Waals surface area contributed by atoms with Crippen LogP contribution >= 0.6 is 0 Å². The summed E-state index contributed by atoms with van der Waals surface area (Å²) in [4.78, 5) is 26.8. The first kappa shape index (κ1) is 14.9. The molecule has 0 spiro atoms. The normalized spacial score (nSPS) is 11.9. The molecule has 0 aromatic carbocycles. The Bertz CT molecular complexity index is 786. The van der Waals surface area contributed by atoms with Crippen molar-refractivity contribution >= 4 is 5.91 Å². The highest BCUT2D eigenvalue weighted by atomic mass is 16.2. The van der Waals surface area contributed by atoms with Gasteiger partial charge in [-0.25, -0.2) is 9.97 Å². The highest BCUT2D eigenvalue weighted by molar-refractivity contribution is 5.94. The van der Waals surface area contributed by atoms with Crippen molar-refractivity contribution in [3.63, 3.8) is 0 Å². The van der Waals surface area contributed by atoms with E-state index in [1.807, 2.05) is 19.1 Å². The van der Waals surface area contributed by atoms with Crippen molar-refractivity contribution in [1.29, 1.82) is 0 Å². The summed E-state index contributed by atoms with van der Waals surface area (Å²) in [6.07, 6.45) is 10.2. The molecule has 0 unspecified atom stereocenters. The van der Waals surface area contributed by atoms with Gasteiger partial charge in [0, 0.05) is 43.6 Å². The molecule has 6 heteroatoms. The topological polar surface area (TPSA) is 63.9 Å². The zero-order valence-corrected chi connectivity index (χ0v) is 13.0. The Hall–Kier alpha value is -3.02. The summed E-state index contributed by atoms with van der Waals surface area (Å²) in [5, 5.41) is 0. The predicted octanol–water partition coefficient (Wildman–Crippen LogP) is 2.50. The van der Waals surface area contributed by atoms with Gasteiger partial charge in [-0.2, -0.15) is 0 Å². The van der Waals surface area contributed by atoms with Crippen LogP contribution in [-0.4, -0.2) is 37.4 Å². The molecule has 3 heterocycles. The van der Waals surface area contributed by atoms with Crippen LogP contribution in [0.3, 0.4) is 0 Å². The van der Waals surface area contributed by atoms with E-state index >= 15 is 0 Å². The van der Waals surface area contributed by atoms with Crippen molar-refractivity contribution in [1.82, 2.24) is 24.4 Å². The lowest BCUT2D eigenvalue weighted by molar-refractivity contribution is 0.0742. The fourth-order valence-corrected chi connectivity index (χ4v) is 2.31. The van der Waals surface area contributed by atoms with Crippen LogP contribution in [0, 0.1) is 0 Å². The molecule has 3 rings (SSSR count). The highest BCUT2D eigenvalue weighted by Crippen LogP contribution is 2.20. The van der Waals surface area contributed by atoms with Gasteiger partial charge in [0.1, 0.15) is 12.1 Å². The van der Waals surface area contributed by atoms with Gasteiger partial charge in [-0.05, 0) is 30.7 Å². The Balaban J connectivity index is 1.84. The minimum atomic E-state index is -0.0685. The van der Waals surface area contributed by atoms with Gasteiger partial charge < -0.3 is 4.90 Å². The van der Waals surface area contributed by atoms with Crippen molar-refractivity contribution in [2.75, 3.05) is 7.05 Å². The molecule has 0 aliphatic carbocycles. The van der Waals surface area contributed by atoms with Gasteiger partial charge in [-0.15, -0.1) is 0 Å². The number of nitrogens with zero attached hydrogens (tertiary/aromatic N) is 5. The van der Waals surface area contributed by atoms with Crippen molar-refractivity contribution in [3.8, 4) is 5.82 Å². The number of aromatic nitrogens is 4. The van der Waals surface area contributed by atoms with E-state index in [9.17, 15) is 4.79 Å². The number of carbonyl (C=O) groups is 1. The van der Waals surface area contributed by atoms with E-state index in [2.05, 4.69) is 15.0 Å². The number of amides is 1. The third-order valence-electron chi connectivity index (χ3n) is 3.83. The first-order valence-corrected chi connectivity index (χ1v) is 7.28. The summed E-state index contributed by atoms with van der Waals surface area (Å²) >= 11 is 0. The van der Waals surface area contributed by atoms with E-state index in [0.29, 0.717) is 11.4 Å². The second-order valence-electron chi connectivity index (χ2n) is 5.25. The molecule has 116 valence electrons. The van der Waals surface area contributed by atoms with Crippen molar-refractivity contribution < 1.29 is 4.79 Å². The van der Waals surface area contributed by atoms with E-state index in [1.165, 1.54) is 0 Å². The molecule has 1 atom stereocenters. The maximum atomic E-state index is 12.7. The molecular formula is C17H17N5O. The summed E-state index contributed by atoms with van der Waals surface area (Å²) < 4.78 is 1.77. The highest BCUT2D eigenvalue weighted by Gasteiger charge is 2.19. The Morgan fingerprint density at radius 1 is 1.22 bits per heavy atom. The third kappa shape index (κ3) is 3.11. The Morgan fingerprint density at radius 2 is 2.09 bits per heavy atom. The summed E-state index contributed by atoms with van der Waals surface area (Å²) in [6, 6.07) is 7.24. The minimum absolute atomic E-state index is 0.0647. The van der Waals surface area contributed by atoms with E-state index in [4.69, 9.17) is 0 Å². The maximum absolute atomic E-state index is 12.7. The minimum Gasteiger partial charge on any atom is -0.335 e. The van der Waals surface area contributed by atoms with Crippen LogP contribution in [-0.2, 0) is 0 Å². The van der Waals surface area contributed by atoms with Crippen LogP contribution in [0.1, 0.15) is 28.9 Å². The second kappa shape index (κ2) is 6.39. The molecule has 23 heavy (non-hydrogen) atoms. The molecule has 3 aromatic heterocycles. The van der Waals surface area contributed by atoms with E-state index in [-0.39, 0.29) is 11.9 Å². The number of carbonyl (C=O) groups excluding carboxylic acids is 1. The number of hydrogen-bond acceptors (Lipinski definition) is 4. The SMILES string of the molecule is C[C@H](c1cccnc1)N(C)C(=O)c1ccnc(-n2ccnc2)c1. The number of hydrogen-bond donors (Lipinski definition) is 0. The standard InChI is InChI=1S/C17H17N5O/c1-13(15-4-3-6-18-11-15)21(2)17(23)14-5-7-20-16(10-14)22-9-8-19-12-22/h3-13H,1-2H3/t13-/m1/s1. The lowest BCUT2D eigenvalue weighted by Crippen LogP contribution is -2.29. The molecule has 0 saturated heterocycles. The largest absolute Gasteiger partial charge is 0.335 e.